The molecule has 1 aromatic heterocycles. The van der Waals surface area contributed by atoms with E-state index >= 15 is 0 Å². The molecule has 17 heavy (non-hydrogen) atoms. The molecule has 0 saturated carbocycles. The summed E-state index contributed by atoms with van der Waals surface area (Å²) in [4.78, 5) is 6.32. The Balaban J connectivity index is 2.39. The number of pyridine rings is 1. The molecule has 2 rings (SSSR count). The van der Waals surface area contributed by atoms with Crippen molar-refractivity contribution in [3.63, 3.8) is 0 Å². The summed E-state index contributed by atoms with van der Waals surface area (Å²) in [5, 5.41) is 0. The average Bonchev–Trinajstić information content (AvgIpc) is 2.26. The lowest BCUT2D eigenvalue weighted by Crippen LogP contribution is -2.10. The molecule has 0 aliphatic rings. The Kier molecular flexibility index (Phi) is 3.48. The van der Waals surface area contributed by atoms with Crippen LogP contribution in [0.2, 0.25) is 0 Å². The van der Waals surface area contributed by atoms with Gasteiger partial charge in [0.25, 0.3) is 0 Å². The van der Waals surface area contributed by atoms with Crippen molar-refractivity contribution >= 4 is 27.3 Å². The Labute approximate surface area is 110 Å². The Morgan fingerprint density at radius 2 is 1.59 bits per heavy atom. The minimum absolute atomic E-state index is 0.992. The van der Waals surface area contributed by atoms with Gasteiger partial charge in [0, 0.05) is 23.4 Å². The SMILES string of the molecule is Cc1cc(C)cc(N(C)c2cncc(Br)c2)c1. The van der Waals surface area contributed by atoms with Crippen molar-refractivity contribution < 1.29 is 0 Å². The summed E-state index contributed by atoms with van der Waals surface area (Å²) in [5.74, 6) is 0. The standard InChI is InChI=1S/C14H15BrN2/c1-10-4-11(2)6-13(5-10)17(3)14-7-12(15)8-16-9-14/h4-9H,1-3H3. The summed E-state index contributed by atoms with van der Waals surface area (Å²) in [7, 11) is 2.05. The van der Waals surface area contributed by atoms with Gasteiger partial charge >= 0.3 is 0 Å². The predicted molar refractivity (Wildman–Crippen MR) is 75.9 cm³/mol. The monoisotopic (exact) mass is 290 g/mol. The maximum absolute atomic E-state index is 4.19. The molecule has 0 amide bonds. The number of rotatable bonds is 2. The number of benzene rings is 1. The first-order chi connectivity index (χ1) is 8.06. The lowest BCUT2D eigenvalue weighted by molar-refractivity contribution is 1.16. The maximum Gasteiger partial charge on any atom is 0.0605 e. The number of anilines is 2. The Bertz CT molecular complexity index is 517. The van der Waals surface area contributed by atoms with Gasteiger partial charge in [0.05, 0.1) is 11.9 Å². The fourth-order valence-corrected chi connectivity index (χ4v) is 2.23. The fraction of sp³-hybridized carbons (Fsp3) is 0.214. The van der Waals surface area contributed by atoms with Crippen LogP contribution in [0.15, 0.2) is 41.1 Å². The Morgan fingerprint density at radius 1 is 0.941 bits per heavy atom. The first-order valence-electron chi connectivity index (χ1n) is 5.49. The van der Waals surface area contributed by atoms with Crippen molar-refractivity contribution in [3.05, 3.63) is 52.3 Å². The highest BCUT2D eigenvalue weighted by Crippen LogP contribution is 2.26. The smallest absolute Gasteiger partial charge is 0.0605 e. The molecule has 0 atom stereocenters. The molecule has 0 spiro atoms. The van der Waals surface area contributed by atoms with Gasteiger partial charge in [-0.25, -0.2) is 0 Å². The zero-order valence-electron chi connectivity index (χ0n) is 10.2. The molecular weight excluding hydrogens is 276 g/mol. The summed E-state index contributed by atoms with van der Waals surface area (Å²) >= 11 is 3.44. The van der Waals surface area contributed by atoms with Crippen molar-refractivity contribution in [3.8, 4) is 0 Å². The van der Waals surface area contributed by atoms with Gasteiger partial charge in [-0.3, -0.25) is 4.98 Å². The van der Waals surface area contributed by atoms with E-state index in [2.05, 4.69) is 71.0 Å². The van der Waals surface area contributed by atoms with Gasteiger partial charge in [-0.05, 0) is 59.1 Å². The van der Waals surface area contributed by atoms with Crippen LogP contribution < -0.4 is 4.90 Å². The molecule has 0 aliphatic carbocycles. The van der Waals surface area contributed by atoms with Crippen molar-refractivity contribution in [2.24, 2.45) is 0 Å². The van der Waals surface area contributed by atoms with E-state index in [-0.39, 0.29) is 0 Å². The molecule has 0 unspecified atom stereocenters. The molecule has 3 heteroatoms. The van der Waals surface area contributed by atoms with Gasteiger partial charge in [0.1, 0.15) is 0 Å². The highest BCUT2D eigenvalue weighted by Gasteiger charge is 2.05. The summed E-state index contributed by atoms with van der Waals surface area (Å²) < 4.78 is 0.992. The molecule has 1 aromatic carbocycles. The molecule has 0 saturated heterocycles. The van der Waals surface area contributed by atoms with Crippen molar-refractivity contribution in [1.29, 1.82) is 0 Å². The Hall–Kier alpha value is -1.35. The summed E-state index contributed by atoms with van der Waals surface area (Å²) in [6.07, 6.45) is 3.65. The van der Waals surface area contributed by atoms with Crippen LogP contribution >= 0.6 is 15.9 Å². The number of hydrogen-bond acceptors (Lipinski definition) is 2. The van der Waals surface area contributed by atoms with Crippen LogP contribution in [0.4, 0.5) is 11.4 Å². The molecule has 1 heterocycles. The highest BCUT2D eigenvalue weighted by atomic mass is 79.9. The van der Waals surface area contributed by atoms with E-state index < -0.39 is 0 Å². The third-order valence-electron chi connectivity index (χ3n) is 2.67. The number of nitrogens with zero attached hydrogens (tertiary/aromatic N) is 2. The van der Waals surface area contributed by atoms with E-state index in [0.29, 0.717) is 0 Å². The minimum atomic E-state index is 0.992. The lowest BCUT2D eigenvalue weighted by Gasteiger charge is -2.20. The van der Waals surface area contributed by atoms with Crippen LogP contribution in [0.3, 0.4) is 0 Å². The van der Waals surface area contributed by atoms with Gasteiger partial charge < -0.3 is 4.90 Å². The van der Waals surface area contributed by atoms with Gasteiger partial charge in [-0.2, -0.15) is 0 Å². The molecule has 0 radical (unpaired) electrons. The van der Waals surface area contributed by atoms with Crippen molar-refractivity contribution in [2.75, 3.05) is 11.9 Å². The average molecular weight is 291 g/mol. The van der Waals surface area contributed by atoms with Gasteiger partial charge in [0.15, 0.2) is 0 Å². The van der Waals surface area contributed by atoms with Gasteiger partial charge in [0.2, 0.25) is 0 Å². The quantitative estimate of drug-likeness (QED) is 0.823. The van der Waals surface area contributed by atoms with E-state index in [4.69, 9.17) is 0 Å². The molecule has 0 bridgehead atoms. The van der Waals surface area contributed by atoms with Crippen molar-refractivity contribution in [2.45, 2.75) is 13.8 Å². The molecule has 0 N–H and O–H groups in total. The van der Waals surface area contributed by atoms with Crippen LogP contribution in [0.5, 0.6) is 0 Å². The summed E-state index contributed by atoms with van der Waals surface area (Å²) in [6.45, 7) is 4.23. The van der Waals surface area contributed by atoms with E-state index in [1.54, 1.807) is 6.20 Å². The normalized spacial score (nSPS) is 10.4. The van der Waals surface area contributed by atoms with E-state index in [1.165, 1.54) is 16.8 Å². The van der Waals surface area contributed by atoms with Crippen LogP contribution in [-0.4, -0.2) is 12.0 Å². The second kappa shape index (κ2) is 4.88. The number of halogens is 1. The molecule has 2 aromatic rings. The van der Waals surface area contributed by atoms with Crippen LogP contribution in [0.25, 0.3) is 0 Å². The largest absolute Gasteiger partial charge is 0.343 e. The fourth-order valence-electron chi connectivity index (χ4n) is 1.88. The first kappa shape index (κ1) is 12.1. The highest BCUT2D eigenvalue weighted by molar-refractivity contribution is 9.10. The van der Waals surface area contributed by atoms with Gasteiger partial charge in [-0.15, -0.1) is 0 Å². The zero-order chi connectivity index (χ0) is 12.4. The second-order valence-electron chi connectivity index (χ2n) is 4.27. The third-order valence-corrected chi connectivity index (χ3v) is 3.11. The number of aromatic nitrogens is 1. The molecule has 2 nitrogen and oxygen atoms in total. The zero-order valence-corrected chi connectivity index (χ0v) is 11.8. The van der Waals surface area contributed by atoms with E-state index in [9.17, 15) is 0 Å². The molecular formula is C14H15BrN2. The second-order valence-corrected chi connectivity index (χ2v) is 5.18. The Morgan fingerprint density at radius 3 is 2.18 bits per heavy atom. The first-order valence-corrected chi connectivity index (χ1v) is 6.28. The van der Waals surface area contributed by atoms with Crippen molar-refractivity contribution in [1.82, 2.24) is 4.98 Å². The number of hydrogen-bond donors (Lipinski definition) is 0. The van der Waals surface area contributed by atoms with Gasteiger partial charge in [-0.1, -0.05) is 6.07 Å². The van der Waals surface area contributed by atoms with Crippen LogP contribution in [-0.2, 0) is 0 Å². The summed E-state index contributed by atoms with van der Waals surface area (Å²) in [5.41, 5.74) is 4.80. The number of aryl methyl sites for hydroxylation is 2. The molecule has 0 aliphatic heterocycles. The lowest BCUT2D eigenvalue weighted by atomic mass is 10.1. The third kappa shape index (κ3) is 2.86. The van der Waals surface area contributed by atoms with Crippen LogP contribution in [0.1, 0.15) is 11.1 Å². The minimum Gasteiger partial charge on any atom is -0.343 e. The van der Waals surface area contributed by atoms with E-state index in [0.717, 1.165) is 10.2 Å². The maximum atomic E-state index is 4.19. The summed E-state index contributed by atoms with van der Waals surface area (Å²) in [6, 6.07) is 8.59. The topological polar surface area (TPSA) is 16.1 Å². The van der Waals surface area contributed by atoms with Crippen LogP contribution in [0, 0.1) is 13.8 Å². The molecule has 88 valence electrons. The molecule has 0 fully saturated rings. The predicted octanol–water partition coefficient (Wildman–Crippen LogP) is 4.23. The van der Waals surface area contributed by atoms with E-state index in [1.807, 2.05) is 6.20 Å².